The molecule has 0 saturated carbocycles. The summed E-state index contributed by atoms with van der Waals surface area (Å²) in [6.45, 7) is 0. The van der Waals surface area contributed by atoms with Crippen LogP contribution in [0.15, 0.2) is 35.5 Å². The van der Waals surface area contributed by atoms with Crippen molar-refractivity contribution in [3.63, 3.8) is 0 Å². The fourth-order valence-electron chi connectivity index (χ4n) is 0.446. The van der Waals surface area contributed by atoms with Gasteiger partial charge in [0.2, 0.25) is 0 Å². The van der Waals surface area contributed by atoms with Crippen LogP contribution in [0.3, 0.4) is 0 Å². The van der Waals surface area contributed by atoms with E-state index in [2.05, 4.69) is 5.29 Å². The summed E-state index contributed by atoms with van der Waals surface area (Å²) in [6.07, 6.45) is 0. The van der Waals surface area contributed by atoms with Gasteiger partial charge in [-0.1, -0.05) is 18.1 Å². The highest BCUT2D eigenvalue weighted by atomic mass is 16.3. The van der Waals surface area contributed by atoms with E-state index >= 15 is 0 Å². The van der Waals surface area contributed by atoms with E-state index in [1.807, 2.05) is 0 Å². The van der Waals surface area contributed by atoms with Gasteiger partial charge in [-0.05, 0) is 12.1 Å². The largest absolute Gasteiger partial charge is 0.232 e. The Kier molecular flexibility index (Phi) is 0.799. The van der Waals surface area contributed by atoms with E-state index in [4.69, 9.17) is 6.85 Å². The minimum atomic E-state index is -0.493. The predicted molar refractivity (Wildman–Crippen MR) is 40.6 cm³/mol. The van der Waals surface area contributed by atoms with Gasteiger partial charge in [-0.15, -0.1) is 4.91 Å². The van der Waals surface area contributed by atoms with Crippen molar-refractivity contribution >= 4 is 5.69 Å². The summed E-state index contributed by atoms with van der Waals surface area (Å²) in [7, 11) is 1.22. The number of hydrogen-bond acceptors (Lipinski definition) is 2. The Morgan fingerprint density at radius 3 is 2.60 bits per heavy atom. The smallest absolute Gasteiger partial charge is 0.0645 e. The molecule has 0 spiro atoms. The molecular weight excluding hydrogens is 128 g/mol. The van der Waals surface area contributed by atoms with Crippen molar-refractivity contribution in [1.82, 2.24) is 0 Å². The van der Waals surface area contributed by atoms with Crippen LogP contribution in [-0.2, 0) is 0 Å². The zero-order valence-electron chi connectivity index (χ0n) is 10.3. The summed E-state index contributed by atoms with van der Waals surface area (Å²) in [5, 5.41) is 3.22. The molecule has 0 bridgehead atoms. The van der Waals surface area contributed by atoms with Gasteiger partial charge in [0.1, 0.15) is 0 Å². The first-order chi connectivity index (χ1) is 6.91. The molecule has 0 amide bonds. The normalized spacial score (nSPS) is 15.9. The van der Waals surface area contributed by atoms with Gasteiger partial charge in [0.25, 0.3) is 0 Å². The lowest BCUT2D eigenvalue weighted by Crippen LogP contribution is -2.05. The van der Waals surface area contributed by atoms with Crippen molar-refractivity contribution in [2.75, 3.05) is 12.1 Å². The zero-order valence-corrected chi connectivity index (χ0v) is 5.30. The molecule has 1 aromatic rings. The first-order valence-corrected chi connectivity index (χ1v) is 2.55. The van der Waals surface area contributed by atoms with Crippen molar-refractivity contribution in [3.05, 3.63) is 35.1 Å². The molecule has 3 heteroatoms. The zero-order chi connectivity index (χ0) is 11.7. The third-order valence-corrected chi connectivity index (χ3v) is 0.933. The minimum Gasteiger partial charge on any atom is -0.232 e. The molecule has 1 aromatic carbocycles. The number of benzene rings is 1. The fraction of sp³-hybridized carbons (Fsp3) is 0.143. The monoisotopic (exact) mass is 141 g/mol. The van der Waals surface area contributed by atoms with Crippen LogP contribution in [0.4, 0.5) is 5.69 Å². The van der Waals surface area contributed by atoms with Gasteiger partial charge in [0.15, 0.2) is 0 Å². The molecule has 0 aliphatic carbocycles. The molecule has 0 saturated heterocycles. The van der Waals surface area contributed by atoms with Crippen molar-refractivity contribution in [3.8, 4) is 0 Å². The number of rotatable bonds is 2. The number of nitroso groups, excluding NO2 is 1. The number of nitrogens with zero attached hydrogens (tertiary/aromatic N) is 2. The average molecular weight is 141 g/mol. The highest BCUT2D eigenvalue weighted by Gasteiger charge is 1.94. The summed E-state index contributed by atoms with van der Waals surface area (Å²) < 4.78 is 36.9. The van der Waals surface area contributed by atoms with Crippen LogP contribution < -0.4 is 5.01 Å². The fourth-order valence-corrected chi connectivity index (χ4v) is 0.446. The highest BCUT2D eigenvalue weighted by molar-refractivity contribution is 5.43. The van der Waals surface area contributed by atoms with Gasteiger partial charge in [0, 0.05) is 7.05 Å². The van der Waals surface area contributed by atoms with Crippen molar-refractivity contribution in [2.24, 2.45) is 5.29 Å². The van der Waals surface area contributed by atoms with Crippen molar-refractivity contribution in [1.29, 1.82) is 0 Å². The Balaban J connectivity index is 3.59. The maximum atomic E-state index is 10.3. The lowest BCUT2D eigenvalue weighted by atomic mass is 10.3. The molecule has 1 rings (SSSR count). The van der Waals surface area contributed by atoms with Crippen LogP contribution >= 0.6 is 0 Å². The van der Waals surface area contributed by atoms with E-state index in [0.717, 1.165) is 0 Å². The second kappa shape index (κ2) is 2.96. The molecule has 0 atom stereocenters. The van der Waals surface area contributed by atoms with Gasteiger partial charge in [-0.3, -0.25) is 0 Å². The molecule has 0 aliphatic rings. The predicted octanol–water partition coefficient (Wildman–Crippen LogP) is 1.80. The first-order valence-electron chi connectivity index (χ1n) is 5.05. The second-order valence-corrected chi connectivity index (χ2v) is 1.58. The average Bonchev–Trinajstić information content (AvgIpc) is 2.23. The summed E-state index contributed by atoms with van der Waals surface area (Å²) >= 11 is 0. The quantitative estimate of drug-likeness (QED) is 0.464. The molecule has 0 fully saturated rings. The number of hydrogen-bond donors (Lipinski definition) is 0. The standard InChI is InChI=1S/C7H8N2O/c1-9(8-10)7-5-3-2-4-6-7/h2-6H,1H3/i2D,3D,4D,5D,6D. The van der Waals surface area contributed by atoms with Gasteiger partial charge in [-0.25, -0.2) is 5.01 Å². The highest BCUT2D eigenvalue weighted by Crippen LogP contribution is 2.09. The molecule has 52 valence electrons. The van der Waals surface area contributed by atoms with Crippen molar-refractivity contribution in [2.45, 2.75) is 0 Å². The van der Waals surface area contributed by atoms with Gasteiger partial charge in [0.05, 0.1) is 17.8 Å². The molecule has 0 aromatic heterocycles. The van der Waals surface area contributed by atoms with E-state index in [1.54, 1.807) is 0 Å². The van der Waals surface area contributed by atoms with Crippen LogP contribution in [0.2, 0.25) is 0 Å². The molecule has 3 nitrogen and oxygen atoms in total. The van der Waals surface area contributed by atoms with Crippen LogP contribution in [0, 0.1) is 4.91 Å². The third kappa shape index (κ3) is 1.31. The van der Waals surface area contributed by atoms with E-state index in [9.17, 15) is 4.91 Å². The third-order valence-electron chi connectivity index (χ3n) is 0.933. The summed E-state index contributed by atoms with van der Waals surface area (Å²) in [5.41, 5.74) is -0.226. The lowest BCUT2D eigenvalue weighted by molar-refractivity contribution is 1.00. The number of anilines is 1. The number of para-hydroxylation sites is 1. The maximum Gasteiger partial charge on any atom is 0.0645 e. The van der Waals surface area contributed by atoms with Gasteiger partial charge in [-0.2, -0.15) is 0 Å². The maximum absolute atomic E-state index is 10.3. The van der Waals surface area contributed by atoms with E-state index in [1.165, 1.54) is 7.05 Å². The van der Waals surface area contributed by atoms with E-state index in [-0.39, 0.29) is 5.69 Å². The summed E-state index contributed by atoms with van der Waals surface area (Å²) in [6, 6.07) is -2.35. The molecule has 10 heavy (non-hydrogen) atoms. The Hall–Kier alpha value is -1.38. The molecular formula is C7H8N2O. The SMILES string of the molecule is [2H]c1c([2H])c([2H])c(N(C)N=O)c([2H])c1[2H]. The van der Waals surface area contributed by atoms with Gasteiger partial charge < -0.3 is 0 Å². The van der Waals surface area contributed by atoms with Crippen molar-refractivity contribution < 1.29 is 6.85 Å². The molecule has 0 radical (unpaired) electrons. The van der Waals surface area contributed by atoms with Crippen LogP contribution in [0.25, 0.3) is 0 Å². The molecule has 0 unspecified atom stereocenters. The molecule has 0 heterocycles. The first kappa shape index (κ1) is 2.70. The second-order valence-electron chi connectivity index (χ2n) is 1.58. The van der Waals surface area contributed by atoms with E-state index in [0.29, 0.717) is 5.01 Å². The lowest BCUT2D eigenvalue weighted by Gasteiger charge is -2.06. The summed E-state index contributed by atoms with van der Waals surface area (Å²) in [4.78, 5) is 10.3. The summed E-state index contributed by atoms with van der Waals surface area (Å²) in [5.74, 6) is 0. The Morgan fingerprint density at radius 2 is 2.10 bits per heavy atom. The Bertz CT molecular complexity index is 393. The van der Waals surface area contributed by atoms with Crippen LogP contribution in [0.5, 0.6) is 0 Å². The molecule has 0 N–H and O–H groups in total. The topological polar surface area (TPSA) is 32.7 Å². The Labute approximate surface area is 66.2 Å². The van der Waals surface area contributed by atoms with Gasteiger partial charge >= 0.3 is 0 Å². The van der Waals surface area contributed by atoms with Crippen LogP contribution in [-0.4, -0.2) is 7.05 Å². The molecule has 0 aliphatic heterocycles. The van der Waals surface area contributed by atoms with E-state index < -0.39 is 30.2 Å². The van der Waals surface area contributed by atoms with Crippen LogP contribution in [0.1, 0.15) is 6.85 Å². The minimum absolute atomic E-state index is 0.226. The Morgan fingerprint density at radius 1 is 1.50 bits per heavy atom.